The minimum absolute atomic E-state index is 0.0440. The normalized spacial score (nSPS) is 29.4. The van der Waals surface area contributed by atoms with E-state index in [1.807, 2.05) is 0 Å². The second-order valence-corrected chi connectivity index (χ2v) is 3.41. The van der Waals surface area contributed by atoms with E-state index in [1.165, 1.54) is 12.2 Å². The molecule has 2 nitrogen and oxygen atoms in total. The zero-order chi connectivity index (χ0) is 8.65. The van der Waals surface area contributed by atoms with Gasteiger partial charge in [-0.2, -0.15) is 0 Å². The molecule has 0 aromatic rings. The van der Waals surface area contributed by atoms with Gasteiger partial charge < -0.3 is 10.2 Å². The van der Waals surface area contributed by atoms with Crippen molar-refractivity contribution in [3.05, 3.63) is 22.8 Å². The van der Waals surface area contributed by atoms with Gasteiger partial charge in [-0.25, -0.2) is 0 Å². The minimum Gasteiger partial charge on any atom is -0.360 e. The summed E-state index contributed by atoms with van der Waals surface area (Å²) >= 11 is 11.1. The molecule has 0 amide bonds. The van der Waals surface area contributed by atoms with E-state index in [0.717, 1.165) is 5.57 Å². The molecule has 0 saturated heterocycles. The van der Waals surface area contributed by atoms with Crippen molar-refractivity contribution < 1.29 is 10.2 Å². The van der Waals surface area contributed by atoms with Crippen LogP contribution in [0.3, 0.4) is 0 Å². The molecule has 1 atom stereocenters. The van der Waals surface area contributed by atoms with Crippen molar-refractivity contribution in [3.8, 4) is 0 Å². The Kier molecular flexibility index (Phi) is 2.30. The number of hydrogen-bond acceptors (Lipinski definition) is 2. The van der Waals surface area contributed by atoms with Crippen LogP contribution >= 0.6 is 23.2 Å². The van der Waals surface area contributed by atoms with Crippen LogP contribution in [0.15, 0.2) is 22.8 Å². The Morgan fingerprint density at radius 1 is 1.55 bits per heavy atom. The average molecular weight is 195 g/mol. The summed E-state index contributed by atoms with van der Waals surface area (Å²) in [5.41, 5.74) is 0.828. The Morgan fingerprint density at radius 2 is 2.09 bits per heavy atom. The first-order valence-corrected chi connectivity index (χ1v) is 3.91. The van der Waals surface area contributed by atoms with Gasteiger partial charge in [0.25, 0.3) is 0 Å². The topological polar surface area (TPSA) is 40.5 Å². The van der Waals surface area contributed by atoms with Gasteiger partial charge in [-0.15, -0.1) is 11.6 Å². The van der Waals surface area contributed by atoms with Crippen molar-refractivity contribution in [2.75, 3.05) is 0 Å². The first-order valence-electron chi connectivity index (χ1n) is 3.09. The van der Waals surface area contributed by atoms with Crippen LogP contribution in [0.1, 0.15) is 6.92 Å². The third-order valence-corrected chi connectivity index (χ3v) is 2.32. The van der Waals surface area contributed by atoms with Gasteiger partial charge in [0.2, 0.25) is 5.79 Å². The summed E-state index contributed by atoms with van der Waals surface area (Å²) in [6.07, 6.45) is 3.01. The number of hydrogen-bond donors (Lipinski definition) is 2. The van der Waals surface area contributed by atoms with Crippen molar-refractivity contribution >= 4 is 23.2 Å². The molecule has 0 aromatic carbocycles. The largest absolute Gasteiger partial charge is 0.360 e. The second kappa shape index (κ2) is 2.79. The van der Waals surface area contributed by atoms with E-state index in [2.05, 4.69) is 0 Å². The molecule has 1 rings (SSSR count). The monoisotopic (exact) mass is 194 g/mol. The Hall–Kier alpha value is -0.0200. The summed E-state index contributed by atoms with van der Waals surface area (Å²) in [4.78, 5) is 0. The lowest BCUT2D eigenvalue weighted by atomic mass is 10.0. The summed E-state index contributed by atoms with van der Waals surface area (Å²) in [5.74, 6) is -2.11. The molecule has 0 bridgehead atoms. The zero-order valence-electron chi connectivity index (χ0n) is 5.88. The van der Waals surface area contributed by atoms with Crippen LogP contribution in [-0.2, 0) is 0 Å². The van der Waals surface area contributed by atoms with Crippen LogP contribution in [0.2, 0.25) is 0 Å². The maximum absolute atomic E-state index is 9.21. The van der Waals surface area contributed by atoms with Crippen LogP contribution in [0.25, 0.3) is 0 Å². The Bertz CT molecular complexity index is 231. The van der Waals surface area contributed by atoms with Crippen LogP contribution in [-0.4, -0.2) is 21.4 Å². The molecule has 0 aromatic heterocycles. The van der Waals surface area contributed by atoms with Gasteiger partial charge in [0.05, 0.1) is 5.03 Å². The first-order chi connectivity index (χ1) is 4.94. The molecule has 62 valence electrons. The lowest BCUT2D eigenvalue weighted by Gasteiger charge is -2.27. The van der Waals surface area contributed by atoms with Crippen molar-refractivity contribution in [2.24, 2.45) is 0 Å². The van der Waals surface area contributed by atoms with Gasteiger partial charge >= 0.3 is 0 Å². The molecule has 2 N–H and O–H groups in total. The molecule has 1 aliphatic rings. The maximum Gasteiger partial charge on any atom is 0.221 e. The average Bonchev–Trinajstić information content (AvgIpc) is 1.84. The summed E-state index contributed by atoms with van der Waals surface area (Å²) < 4.78 is 0. The van der Waals surface area contributed by atoms with Crippen molar-refractivity contribution in [1.82, 2.24) is 0 Å². The van der Waals surface area contributed by atoms with Crippen LogP contribution in [0.5, 0.6) is 0 Å². The quantitative estimate of drug-likeness (QED) is 0.452. The SMILES string of the molecule is CC1=CC(Cl)C(O)(O)C(Cl)=C1. The van der Waals surface area contributed by atoms with Crippen LogP contribution < -0.4 is 0 Å². The highest BCUT2D eigenvalue weighted by Gasteiger charge is 2.37. The van der Waals surface area contributed by atoms with Gasteiger partial charge in [0.15, 0.2) is 0 Å². The third-order valence-electron chi connectivity index (χ3n) is 1.50. The predicted octanol–water partition coefficient (Wildman–Crippen LogP) is 1.36. The summed E-state index contributed by atoms with van der Waals surface area (Å²) in [5, 5.41) is 17.5. The van der Waals surface area contributed by atoms with Gasteiger partial charge in [-0.1, -0.05) is 23.3 Å². The standard InChI is InChI=1S/C7H8Cl2O2/c1-4-2-5(8)7(10,11)6(9)3-4/h2-3,5,10-11H,1H3. The van der Waals surface area contributed by atoms with E-state index in [1.54, 1.807) is 6.92 Å². The fourth-order valence-corrected chi connectivity index (χ4v) is 1.49. The summed E-state index contributed by atoms with van der Waals surface area (Å²) in [6, 6.07) is 0. The van der Waals surface area contributed by atoms with E-state index >= 15 is 0 Å². The fourth-order valence-electron chi connectivity index (χ4n) is 0.833. The zero-order valence-corrected chi connectivity index (χ0v) is 7.39. The highest BCUT2D eigenvalue weighted by molar-refractivity contribution is 6.32. The molecule has 0 saturated carbocycles. The van der Waals surface area contributed by atoms with E-state index in [0.29, 0.717) is 0 Å². The lowest BCUT2D eigenvalue weighted by molar-refractivity contribution is -0.116. The van der Waals surface area contributed by atoms with E-state index in [9.17, 15) is 10.2 Å². The van der Waals surface area contributed by atoms with E-state index < -0.39 is 11.2 Å². The number of rotatable bonds is 0. The van der Waals surface area contributed by atoms with Crippen LogP contribution in [0, 0.1) is 0 Å². The molecular formula is C7H8Cl2O2. The molecule has 0 heterocycles. The summed E-state index contributed by atoms with van der Waals surface area (Å²) in [7, 11) is 0. The Balaban J connectivity index is 3.01. The number of allylic oxidation sites excluding steroid dienone is 2. The van der Waals surface area contributed by atoms with Crippen LogP contribution in [0.4, 0.5) is 0 Å². The summed E-state index contributed by atoms with van der Waals surface area (Å²) in [6.45, 7) is 1.78. The predicted molar refractivity (Wildman–Crippen MR) is 44.5 cm³/mol. The van der Waals surface area contributed by atoms with Gasteiger partial charge in [0, 0.05) is 0 Å². The van der Waals surface area contributed by atoms with E-state index in [4.69, 9.17) is 23.2 Å². The molecule has 0 fully saturated rings. The number of alkyl halides is 1. The molecular weight excluding hydrogens is 187 g/mol. The lowest BCUT2D eigenvalue weighted by Crippen LogP contribution is -2.39. The highest BCUT2D eigenvalue weighted by Crippen LogP contribution is 2.31. The van der Waals surface area contributed by atoms with Crippen molar-refractivity contribution in [3.63, 3.8) is 0 Å². The molecule has 11 heavy (non-hydrogen) atoms. The Morgan fingerprint density at radius 3 is 2.55 bits per heavy atom. The van der Waals surface area contributed by atoms with E-state index in [-0.39, 0.29) is 5.03 Å². The molecule has 1 aliphatic carbocycles. The first kappa shape index (κ1) is 9.07. The third kappa shape index (κ3) is 1.59. The maximum atomic E-state index is 9.21. The van der Waals surface area contributed by atoms with Crippen molar-refractivity contribution in [1.29, 1.82) is 0 Å². The minimum atomic E-state index is -2.11. The smallest absolute Gasteiger partial charge is 0.221 e. The number of halogens is 2. The second-order valence-electron chi connectivity index (χ2n) is 2.53. The fraction of sp³-hybridized carbons (Fsp3) is 0.429. The molecule has 0 radical (unpaired) electrons. The van der Waals surface area contributed by atoms with Gasteiger partial charge in [0.1, 0.15) is 5.38 Å². The van der Waals surface area contributed by atoms with Gasteiger partial charge in [-0.05, 0) is 13.0 Å². The van der Waals surface area contributed by atoms with Gasteiger partial charge in [-0.3, -0.25) is 0 Å². The molecule has 0 aliphatic heterocycles. The molecule has 0 spiro atoms. The molecule has 4 heteroatoms. The molecule has 1 unspecified atom stereocenters. The number of aliphatic hydroxyl groups is 2. The van der Waals surface area contributed by atoms with Crippen molar-refractivity contribution in [2.45, 2.75) is 18.1 Å². The highest BCUT2D eigenvalue weighted by atomic mass is 35.5. The Labute approximate surface area is 74.7 Å².